The van der Waals surface area contributed by atoms with Crippen LogP contribution in [0, 0.1) is 19.7 Å². The molecule has 0 amide bonds. The van der Waals surface area contributed by atoms with Crippen LogP contribution in [-0.4, -0.2) is 14.8 Å². The Hall–Kier alpha value is -3.12. The van der Waals surface area contributed by atoms with Gasteiger partial charge in [-0.25, -0.2) is 4.39 Å². The second-order valence-electron chi connectivity index (χ2n) is 7.05. The van der Waals surface area contributed by atoms with Gasteiger partial charge in [-0.3, -0.25) is 4.57 Å². The Kier molecular flexibility index (Phi) is 6.14. The Labute approximate surface area is 179 Å². The van der Waals surface area contributed by atoms with E-state index in [1.807, 2.05) is 73.0 Å². The van der Waals surface area contributed by atoms with Gasteiger partial charge in [0.15, 0.2) is 11.0 Å². The predicted molar refractivity (Wildman–Crippen MR) is 118 cm³/mol. The molecule has 0 unspecified atom stereocenters. The van der Waals surface area contributed by atoms with Crippen LogP contribution in [0.4, 0.5) is 4.39 Å². The Morgan fingerprint density at radius 3 is 2.23 bits per heavy atom. The average Bonchev–Trinajstić information content (AvgIpc) is 3.16. The number of aryl methyl sites for hydroxylation is 2. The summed E-state index contributed by atoms with van der Waals surface area (Å²) in [5, 5.41) is 9.41. The van der Waals surface area contributed by atoms with Gasteiger partial charge < -0.3 is 4.74 Å². The first-order valence-electron chi connectivity index (χ1n) is 9.67. The summed E-state index contributed by atoms with van der Waals surface area (Å²) in [7, 11) is 0. The first-order valence-corrected chi connectivity index (χ1v) is 10.7. The lowest BCUT2D eigenvalue weighted by atomic mass is 10.2. The number of aromatic nitrogens is 3. The molecule has 0 bridgehead atoms. The summed E-state index contributed by atoms with van der Waals surface area (Å²) < 4.78 is 21.9. The fourth-order valence-corrected chi connectivity index (χ4v) is 3.94. The second-order valence-corrected chi connectivity index (χ2v) is 7.99. The fraction of sp³-hybridized carbons (Fsp3) is 0.167. The normalized spacial score (nSPS) is 10.9. The molecule has 1 aromatic heterocycles. The zero-order chi connectivity index (χ0) is 20.9. The molecular weight excluding hydrogens is 397 g/mol. The molecule has 0 fully saturated rings. The summed E-state index contributed by atoms with van der Waals surface area (Å²) in [6.07, 6.45) is 0. The number of hydrogen-bond acceptors (Lipinski definition) is 4. The van der Waals surface area contributed by atoms with E-state index in [4.69, 9.17) is 4.74 Å². The standard InChI is InChI=1S/C24H22FN3OS/c1-17-7-11-20(12-8-17)28-23(15-29-21-13-9-18(2)10-14-21)26-27-24(28)30-16-19-5-3-4-6-22(19)25/h3-14H,15-16H2,1-2H3. The van der Waals surface area contributed by atoms with E-state index in [0.717, 1.165) is 11.4 Å². The van der Waals surface area contributed by atoms with E-state index in [-0.39, 0.29) is 12.4 Å². The van der Waals surface area contributed by atoms with Crippen LogP contribution in [0.5, 0.6) is 5.75 Å². The molecule has 0 saturated heterocycles. The van der Waals surface area contributed by atoms with E-state index in [2.05, 4.69) is 10.2 Å². The summed E-state index contributed by atoms with van der Waals surface area (Å²) in [6, 6.07) is 22.8. The van der Waals surface area contributed by atoms with Gasteiger partial charge in [-0.2, -0.15) is 0 Å². The van der Waals surface area contributed by atoms with Crippen LogP contribution in [0.25, 0.3) is 5.69 Å². The Bertz CT molecular complexity index is 1120. The zero-order valence-electron chi connectivity index (χ0n) is 16.9. The van der Waals surface area contributed by atoms with Gasteiger partial charge >= 0.3 is 0 Å². The van der Waals surface area contributed by atoms with Crippen LogP contribution in [0.2, 0.25) is 0 Å². The maximum absolute atomic E-state index is 14.0. The van der Waals surface area contributed by atoms with Crippen LogP contribution in [0.1, 0.15) is 22.5 Å². The van der Waals surface area contributed by atoms with Gasteiger partial charge in [-0.05, 0) is 49.7 Å². The largest absolute Gasteiger partial charge is 0.486 e. The van der Waals surface area contributed by atoms with E-state index in [1.54, 1.807) is 12.1 Å². The zero-order valence-corrected chi connectivity index (χ0v) is 17.7. The van der Waals surface area contributed by atoms with E-state index >= 15 is 0 Å². The average molecular weight is 420 g/mol. The third-order valence-corrected chi connectivity index (χ3v) is 5.67. The molecule has 0 N–H and O–H groups in total. The van der Waals surface area contributed by atoms with E-state index in [0.29, 0.717) is 22.3 Å². The minimum atomic E-state index is -0.214. The molecule has 0 atom stereocenters. The van der Waals surface area contributed by atoms with Gasteiger partial charge in [0.2, 0.25) is 0 Å². The third kappa shape index (κ3) is 4.71. The van der Waals surface area contributed by atoms with Crippen molar-refractivity contribution in [3.63, 3.8) is 0 Å². The lowest BCUT2D eigenvalue weighted by molar-refractivity contribution is 0.292. The number of nitrogens with zero attached hydrogens (tertiary/aromatic N) is 3. The SMILES string of the molecule is Cc1ccc(OCc2nnc(SCc3ccccc3F)n2-c2ccc(C)cc2)cc1. The van der Waals surface area contributed by atoms with Gasteiger partial charge in [0.05, 0.1) is 0 Å². The van der Waals surface area contributed by atoms with Crippen molar-refractivity contribution in [1.29, 1.82) is 0 Å². The summed E-state index contributed by atoms with van der Waals surface area (Å²) in [5.74, 6) is 1.72. The number of ether oxygens (including phenoxy) is 1. The molecule has 3 aromatic carbocycles. The van der Waals surface area contributed by atoms with Crippen molar-refractivity contribution >= 4 is 11.8 Å². The smallest absolute Gasteiger partial charge is 0.196 e. The van der Waals surface area contributed by atoms with Crippen molar-refractivity contribution in [2.75, 3.05) is 0 Å². The maximum atomic E-state index is 14.0. The van der Waals surface area contributed by atoms with Crippen LogP contribution in [0.15, 0.2) is 78.0 Å². The molecule has 4 aromatic rings. The number of hydrogen-bond donors (Lipinski definition) is 0. The van der Waals surface area contributed by atoms with Crippen LogP contribution in [-0.2, 0) is 12.4 Å². The molecule has 30 heavy (non-hydrogen) atoms. The molecule has 0 aliphatic carbocycles. The highest BCUT2D eigenvalue weighted by atomic mass is 32.2. The van der Waals surface area contributed by atoms with Gasteiger partial charge in [0, 0.05) is 11.4 Å². The topological polar surface area (TPSA) is 39.9 Å². The summed E-state index contributed by atoms with van der Waals surface area (Å²) in [4.78, 5) is 0. The molecule has 4 rings (SSSR count). The minimum absolute atomic E-state index is 0.214. The molecule has 0 aliphatic heterocycles. The van der Waals surface area contributed by atoms with Crippen molar-refractivity contribution in [1.82, 2.24) is 14.8 Å². The monoisotopic (exact) mass is 419 g/mol. The summed E-state index contributed by atoms with van der Waals surface area (Å²) >= 11 is 1.45. The predicted octanol–water partition coefficient (Wildman–Crippen LogP) is 5.89. The molecule has 0 spiro atoms. The van der Waals surface area contributed by atoms with Crippen molar-refractivity contribution < 1.29 is 9.13 Å². The van der Waals surface area contributed by atoms with E-state index in [9.17, 15) is 4.39 Å². The molecule has 0 aliphatic rings. The first-order chi connectivity index (χ1) is 14.6. The Morgan fingerprint density at radius 1 is 0.867 bits per heavy atom. The molecule has 0 radical (unpaired) electrons. The molecule has 0 saturated carbocycles. The molecular formula is C24H22FN3OS. The quantitative estimate of drug-likeness (QED) is 0.350. The van der Waals surface area contributed by atoms with Crippen molar-refractivity contribution in [2.24, 2.45) is 0 Å². The highest BCUT2D eigenvalue weighted by molar-refractivity contribution is 7.98. The van der Waals surface area contributed by atoms with E-state index in [1.165, 1.54) is 29.0 Å². The highest BCUT2D eigenvalue weighted by Crippen LogP contribution is 2.27. The van der Waals surface area contributed by atoms with Crippen LogP contribution >= 0.6 is 11.8 Å². The third-order valence-electron chi connectivity index (χ3n) is 4.70. The number of thioether (sulfide) groups is 1. The van der Waals surface area contributed by atoms with E-state index < -0.39 is 0 Å². The number of rotatable bonds is 7. The van der Waals surface area contributed by atoms with Gasteiger partial charge in [-0.1, -0.05) is 65.4 Å². The lowest BCUT2D eigenvalue weighted by Crippen LogP contribution is -2.07. The van der Waals surface area contributed by atoms with Crippen molar-refractivity contribution in [2.45, 2.75) is 31.4 Å². The molecule has 4 nitrogen and oxygen atoms in total. The first kappa shape index (κ1) is 20.2. The Morgan fingerprint density at radius 2 is 1.53 bits per heavy atom. The van der Waals surface area contributed by atoms with Crippen molar-refractivity contribution in [3.8, 4) is 11.4 Å². The van der Waals surface area contributed by atoms with Crippen LogP contribution in [0.3, 0.4) is 0 Å². The maximum Gasteiger partial charge on any atom is 0.196 e. The lowest BCUT2D eigenvalue weighted by Gasteiger charge is -2.12. The summed E-state index contributed by atoms with van der Waals surface area (Å²) in [6.45, 7) is 4.37. The van der Waals surface area contributed by atoms with Gasteiger partial charge in [0.25, 0.3) is 0 Å². The summed E-state index contributed by atoms with van der Waals surface area (Å²) in [5.41, 5.74) is 3.93. The number of halogens is 1. The minimum Gasteiger partial charge on any atom is -0.486 e. The fourth-order valence-electron chi connectivity index (χ4n) is 2.98. The van der Waals surface area contributed by atoms with Gasteiger partial charge in [-0.15, -0.1) is 10.2 Å². The Balaban J connectivity index is 1.60. The number of benzene rings is 3. The second kappa shape index (κ2) is 9.13. The molecule has 152 valence electrons. The highest BCUT2D eigenvalue weighted by Gasteiger charge is 2.16. The van der Waals surface area contributed by atoms with Gasteiger partial charge in [0.1, 0.15) is 18.2 Å². The van der Waals surface area contributed by atoms with Crippen LogP contribution < -0.4 is 4.74 Å². The molecule has 1 heterocycles. The van der Waals surface area contributed by atoms with Crippen molar-refractivity contribution in [3.05, 3.63) is 101 Å². The molecule has 6 heteroatoms.